The van der Waals surface area contributed by atoms with Crippen molar-refractivity contribution in [3.8, 4) is 0 Å². The largest absolute Gasteiger partial charge is 0.354 e. The topological polar surface area (TPSA) is 24.9 Å². The number of aromatic nitrogens is 1. The molecule has 0 spiro atoms. The molecule has 2 rings (SSSR count). The summed E-state index contributed by atoms with van der Waals surface area (Å²) in [5.41, 5.74) is 1.93. The van der Waals surface area contributed by atoms with Gasteiger partial charge in [0.2, 0.25) is 0 Å². The van der Waals surface area contributed by atoms with Crippen LogP contribution in [0.1, 0.15) is 0 Å². The van der Waals surface area contributed by atoms with Crippen molar-refractivity contribution in [2.24, 2.45) is 0 Å². The lowest BCUT2D eigenvalue weighted by molar-refractivity contribution is 1.32. The van der Waals surface area contributed by atoms with Gasteiger partial charge in [-0.05, 0) is 18.2 Å². The summed E-state index contributed by atoms with van der Waals surface area (Å²) < 4.78 is 0. The minimum Gasteiger partial charge on any atom is -0.354 e. The third kappa shape index (κ3) is 2.06. The molecule has 0 aliphatic rings. The Kier molecular flexibility index (Phi) is 2.23. The standard InChI is InChI=1S/C11H9N2/c1-2-5-10(6-3-1)13-11-7-4-8-12-9-11/h1-5,7-9,13H. The number of rotatable bonds is 2. The number of benzene rings is 1. The highest BCUT2D eigenvalue weighted by atomic mass is 14.9. The van der Waals surface area contributed by atoms with Crippen molar-refractivity contribution >= 4 is 11.4 Å². The van der Waals surface area contributed by atoms with Crippen LogP contribution >= 0.6 is 0 Å². The maximum atomic E-state index is 4.00. The van der Waals surface area contributed by atoms with Gasteiger partial charge in [-0.3, -0.25) is 4.98 Å². The molecule has 0 aliphatic carbocycles. The summed E-state index contributed by atoms with van der Waals surface area (Å²) in [6, 6.07) is 14.7. The van der Waals surface area contributed by atoms with E-state index < -0.39 is 0 Å². The Morgan fingerprint density at radius 3 is 2.85 bits per heavy atom. The highest BCUT2D eigenvalue weighted by Crippen LogP contribution is 2.12. The number of nitrogens with zero attached hydrogens (tertiary/aromatic N) is 1. The fourth-order valence-electron chi connectivity index (χ4n) is 1.06. The lowest BCUT2D eigenvalue weighted by Gasteiger charge is -2.03. The van der Waals surface area contributed by atoms with E-state index in [9.17, 15) is 0 Å². The summed E-state index contributed by atoms with van der Waals surface area (Å²) >= 11 is 0. The predicted molar refractivity (Wildman–Crippen MR) is 52.8 cm³/mol. The molecule has 0 saturated heterocycles. The first-order valence-electron chi connectivity index (χ1n) is 4.09. The van der Waals surface area contributed by atoms with Gasteiger partial charge in [-0.15, -0.1) is 0 Å². The third-order valence-electron chi connectivity index (χ3n) is 1.65. The summed E-state index contributed by atoms with van der Waals surface area (Å²) in [5.74, 6) is 0. The van der Waals surface area contributed by atoms with Gasteiger partial charge in [-0.2, -0.15) is 0 Å². The number of para-hydroxylation sites is 1. The second-order valence-corrected chi connectivity index (χ2v) is 2.64. The van der Waals surface area contributed by atoms with Crippen LogP contribution in [0.3, 0.4) is 0 Å². The van der Waals surface area contributed by atoms with Crippen molar-refractivity contribution in [3.05, 3.63) is 54.9 Å². The van der Waals surface area contributed by atoms with Crippen LogP contribution in [0.25, 0.3) is 0 Å². The van der Waals surface area contributed by atoms with E-state index in [1.54, 1.807) is 12.4 Å². The summed E-state index contributed by atoms with van der Waals surface area (Å²) in [5, 5.41) is 3.19. The van der Waals surface area contributed by atoms with Gasteiger partial charge in [-0.25, -0.2) is 0 Å². The Morgan fingerprint density at radius 1 is 1.15 bits per heavy atom. The Morgan fingerprint density at radius 2 is 2.15 bits per heavy atom. The molecule has 2 aromatic rings. The number of anilines is 2. The van der Waals surface area contributed by atoms with Crippen molar-refractivity contribution < 1.29 is 0 Å². The molecule has 0 saturated carbocycles. The Hall–Kier alpha value is -1.83. The molecule has 63 valence electrons. The van der Waals surface area contributed by atoms with Gasteiger partial charge in [-0.1, -0.05) is 18.2 Å². The van der Waals surface area contributed by atoms with E-state index in [2.05, 4.69) is 16.4 Å². The molecule has 1 N–H and O–H groups in total. The van der Waals surface area contributed by atoms with Gasteiger partial charge in [0.15, 0.2) is 0 Å². The molecule has 0 aliphatic heterocycles. The quantitative estimate of drug-likeness (QED) is 0.747. The maximum Gasteiger partial charge on any atom is 0.0570 e. The van der Waals surface area contributed by atoms with E-state index in [0.717, 1.165) is 11.4 Å². The Bertz CT molecular complexity index is 319. The number of hydrogen-bond acceptors (Lipinski definition) is 2. The van der Waals surface area contributed by atoms with Crippen LogP contribution in [0.4, 0.5) is 11.4 Å². The van der Waals surface area contributed by atoms with Gasteiger partial charge in [0, 0.05) is 18.0 Å². The van der Waals surface area contributed by atoms with Gasteiger partial charge < -0.3 is 5.32 Å². The smallest absolute Gasteiger partial charge is 0.0570 e. The molecule has 1 radical (unpaired) electrons. The molecular formula is C11H9N2. The molecule has 0 unspecified atom stereocenters. The van der Waals surface area contributed by atoms with Crippen molar-refractivity contribution in [2.75, 3.05) is 5.32 Å². The Labute approximate surface area is 77.3 Å². The summed E-state index contributed by atoms with van der Waals surface area (Å²) in [7, 11) is 0. The molecule has 13 heavy (non-hydrogen) atoms. The van der Waals surface area contributed by atoms with E-state index in [4.69, 9.17) is 0 Å². The highest BCUT2D eigenvalue weighted by molar-refractivity contribution is 5.57. The first-order chi connectivity index (χ1) is 6.45. The van der Waals surface area contributed by atoms with Crippen molar-refractivity contribution in [3.63, 3.8) is 0 Å². The summed E-state index contributed by atoms with van der Waals surface area (Å²) in [6.07, 6.45) is 3.53. The first kappa shape index (κ1) is 7.80. The zero-order chi connectivity index (χ0) is 8.93. The van der Waals surface area contributed by atoms with Crippen LogP contribution < -0.4 is 5.32 Å². The Balaban J connectivity index is 2.16. The molecule has 0 amide bonds. The zero-order valence-corrected chi connectivity index (χ0v) is 7.07. The molecule has 1 aromatic heterocycles. The van der Waals surface area contributed by atoms with Crippen LogP contribution in [-0.4, -0.2) is 4.98 Å². The van der Waals surface area contributed by atoms with Crippen LogP contribution in [0.15, 0.2) is 48.8 Å². The predicted octanol–water partition coefficient (Wildman–Crippen LogP) is 2.63. The van der Waals surface area contributed by atoms with Crippen LogP contribution in [0.5, 0.6) is 0 Å². The number of nitrogens with one attached hydrogen (secondary N) is 1. The van der Waals surface area contributed by atoms with Crippen LogP contribution in [0.2, 0.25) is 0 Å². The zero-order valence-electron chi connectivity index (χ0n) is 7.07. The van der Waals surface area contributed by atoms with Crippen molar-refractivity contribution in [2.45, 2.75) is 0 Å². The van der Waals surface area contributed by atoms with E-state index in [1.165, 1.54) is 0 Å². The molecule has 0 bridgehead atoms. The lowest BCUT2D eigenvalue weighted by atomic mass is 10.3. The van der Waals surface area contributed by atoms with E-state index >= 15 is 0 Å². The molecule has 0 fully saturated rings. The van der Waals surface area contributed by atoms with Crippen LogP contribution in [-0.2, 0) is 0 Å². The van der Waals surface area contributed by atoms with E-state index in [0.29, 0.717) is 0 Å². The monoisotopic (exact) mass is 169 g/mol. The summed E-state index contributed by atoms with van der Waals surface area (Å²) in [6.45, 7) is 0. The summed E-state index contributed by atoms with van der Waals surface area (Å²) in [4.78, 5) is 4.00. The van der Waals surface area contributed by atoms with Gasteiger partial charge in [0.1, 0.15) is 0 Å². The number of hydrogen-bond donors (Lipinski definition) is 1. The molecular weight excluding hydrogens is 160 g/mol. The fraction of sp³-hybridized carbons (Fsp3) is 0. The average Bonchev–Trinajstić information content (AvgIpc) is 2.21. The second-order valence-electron chi connectivity index (χ2n) is 2.64. The SMILES string of the molecule is [c]1ccccc1Nc1cccnc1. The fourth-order valence-corrected chi connectivity index (χ4v) is 1.06. The first-order valence-corrected chi connectivity index (χ1v) is 4.09. The van der Waals surface area contributed by atoms with E-state index in [1.807, 2.05) is 36.4 Å². The highest BCUT2D eigenvalue weighted by Gasteiger charge is 1.91. The molecule has 1 heterocycles. The van der Waals surface area contributed by atoms with Crippen molar-refractivity contribution in [1.82, 2.24) is 4.98 Å². The molecule has 0 atom stereocenters. The molecule has 2 nitrogen and oxygen atoms in total. The third-order valence-corrected chi connectivity index (χ3v) is 1.65. The number of pyridine rings is 1. The minimum atomic E-state index is 0.954. The maximum absolute atomic E-state index is 4.00. The van der Waals surface area contributed by atoms with Gasteiger partial charge >= 0.3 is 0 Å². The van der Waals surface area contributed by atoms with E-state index in [-0.39, 0.29) is 0 Å². The van der Waals surface area contributed by atoms with Gasteiger partial charge in [0.25, 0.3) is 0 Å². The second kappa shape index (κ2) is 3.72. The minimum absolute atomic E-state index is 0.954. The van der Waals surface area contributed by atoms with Gasteiger partial charge in [0.05, 0.1) is 11.9 Å². The van der Waals surface area contributed by atoms with Crippen LogP contribution in [0, 0.1) is 6.07 Å². The molecule has 1 aromatic carbocycles. The molecule has 2 heteroatoms. The van der Waals surface area contributed by atoms with Crippen molar-refractivity contribution in [1.29, 1.82) is 0 Å². The normalized spacial score (nSPS) is 9.54. The average molecular weight is 169 g/mol. The lowest BCUT2D eigenvalue weighted by Crippen LogP contribution is -1.89.